The number of hydrogen-bond donors (Lipinski definition) is 2. The van der Waals surface area contributed by atoms with Gasteiger partial charge in [-0.05, 0) is 19.3 Å². The molecule has 0 amide bonds. The van der Waals surface area contributed by atoms with Gasteiger partial charge in [-0.2, -0.15) is 4.37 Å². The Balaban J connectivity index is 1.98. The number of nitrogens with one attached hydrogen (secondary N) is 1. The highest BCUT2D eigenvalue weighted by Gasteiger charge is 2.23. The number of carboxylic acid groups (broad SMARTS) is 1. The van der Waals surface area contributed by atoms with E-state index < -0.39 is 12.0 Å². The van der Waals surface area contributed by atoms with E-state index in [4.69, 9.17) is 5.11 Å². The molecule has 1 aromatic rings. The van der Waals surface area contributed by atoms with Crippen LogP contribution in [0.2, 0.25) is 0 Å². The molecule has 0 aromatic carbocycles. The Hall–Kier alpha value is -1.17. The van der Waals surface area contributed by atoms with Crippen molar-refractivity contribution in [2.45, 2.75) is 57.4 Å². The molecule has 0 bridgehead atoms. The van der Waals surface area contributed by atoms with Crippen molar-refractivity contribution in [2.24, 2.45) is 0 Å². The van der Waals surface area contributed by atoms with Crippen LogP contribution < -0.4 is 5.32 Å². The fourth-order valence-corrected chi connectivity index (χ4v) is 3.04. The Morgan fingerprint density at radius 1 is 1.56 bits per heavy atom. The normalized spacial score (nSPS) is 17.8. The average molecular weight is 269 g/mol. The Kier molecular flexibility index (Phi) is 4.52. The third kappa shape index (κ3) is 3.19. The molecule has 1 heterocycles. The summed E-state index contributed by atoms with van der Waals surface area (Å²) in [7, 11) is 0. The smallest absolute Gasteiger partial charge is 0.326 e. The van der Waals surface area contributed by atoms with Crippen LogP contribution in [-0.2, 0) is 4.79 Å². The van der Waals surface area contributed by atoms with Crippen molar-refractivity contribution in [1.29, 1.82) is 0 Å². The fraction of sp³-hybridized carbons (Fsp3) is 0.750. The lowest BCUT2D eigenvalue weighted by atomic mass is 10.1. The van der Waals surface area contributed by atoms with Crippen LogP contribution in [0.4, 0.5) is 5.13 Å². The Morgan fingerprint density at radius 2 is 2.28 bits per heavy atom. The van der Waals surface area contributed by atoms with Crippen LogP contribution in [-0.4, -0.2) is 26.5 Å². The van der Waals surface area contributed by atoms with E-state index in [0.29, 0.717) is 17.5 Å². The molecule has 100 valence electrons. The van der Waals surface area contributed by atoms with Crippen LogP contribution in [0, 0.1) is 0 Å². The summed E-state index contributed by atoms with van der Waals surface area (Å²) in [4.78, 5) is 15.5. The number of rotatable bonds is 6. The summed E-state index contributed by atoms with van der Waals surface area (Å²) in [5.41, 5.74) is 0. The SMILES string of the molecule is CCCC(Nc1nc(C2CCCC2)ns1)C(=O)O. The minimum atomic E-state index is -0.825. The molecule has 0 aliphatic heterocycles. The molecule has 2 rings (SSSR count). The summed E-state index contributed by atoms with van der Waals surface area (Å²) in [6.45, 7) is 1.97. The van der Waals surface area contributed by atoms with Crippen molar-refractivity contribution in [3.63, 3.8) is 0 Å². The predicted octanol–water partition coefficient (Wildman–Crippen LogP) is 2.86. The molecule has 0 radical (unpaired) electrons. The van der Waals surface area contributed by atoms with E-state index in [2.05, 4.69) is 14.7 Å². The van der Waals surface area contributed by atoms with Crippen molar-refractivity contribution >= 4 is 22.6 Å². The third-order valence-electron chi connectivity index (χ3n) is 3.34. The van der Waals surface area contributed by atoms with Crippen LogP contribution in [0.5, 0.6) is 0 Å². The second-order valence-corrected chi connectivity index (χ2v) is 5.51. The molecule has 5 nitrogen and oxygen atoms in total. The monoisotopic (exact) mass is 269 g/mol. The van der Waals surface area contributed by atoms with Gasteiger partial charge in [0.2, 0.25) is 5.13 Å². The van der Waals surface area contributed by atoms with Gasteiger partial charge in [-0.15, -0.1) is 0 Å². The maximum absolute atomic E-state index is 11.1. The molecule has 1 aromatic heterocycles. The summed E-state index contributed by atoms with van der Waals surface area (Å²) in [6.07, 6.45) is 6.26. The molecule has 1 atom stereocenters. The lowest BCUT2D eigenvalue weighted by Gasteiger charge is -2.11. The van der Waals surface area contributed by atoms with E-state index in [1.165, 1.54) is 24.4 Å². The van der Waals surface area contributed by atoms with E-state index in [1.54, 1.807) is 0 Å². The van der Waals surface area contributed by atoms with Gasteiger partial charge in [0.1, 0.15) is 11.9 Å². The third-order valence-corrected chi connectivity index (χ3v) is 4.00. The van der Waals surface area contributed by atoms with Crippen LogP contribution in [0.15, 0.2) is 0 Å². The van der Waals surface area contributed by atoms with E-state index in [9.17, 15) is 4.79 Å². The van der Waals surface area contributed by atoms with E-state index >= 15 is 0 Å². The first-order valence-corrected chi connectivity index (χ1v) is 7.31. The maximum atomic E-state index is 11.1. The van der Waals surface area contributed by atoms with Crippen molar-refractivity contribution in [1.82, 2.24) is 9.36 Å². The van der Waals surface area contributed by atoms with E-state index in [-0.39, 0.29) is 0 Å². The fourth-order valence-electron chi connectivity index (χ4n) is 2.34. The van der Waals surface area contributed by atoms with Gasteiger partial charge in [0.25, 0.3) is 0 Å². The number of hydrogen-bond acceptors (Lipinski definition) is 5. The highest BCUT2D eigenvalue weighted by atomic mass is 32.1. The van der Waals surface area contributed by atoms with Gasteiger partial charge in [0.15, 0.2) is 0 Å². The summed E-state index contributed by atoms with van der Waals surface area (Å²) < 4.78 is 4.35. The molecular weight excluding hydrogens is 250 g/mol. The highest BCUT2D eigenvalue weighted by molar-refractivity contribution is 7.09. The number of carboxylic acids is 1. The number of aliphatic carboxylic acids is 1. The van der Waals surface area contributed by atoms with Crippen molar-refractivity contribution in [3.05, 3.63) is 5.82 Å². The van der Waals surface area contributed by atoms with Crippen LogP contribution in [0.3, 0.4) is 0 Å². The Labute approximate surface area is 111 Å². The zero-order valence-corrected chi connectivity index (χ0v) is 11.4. The van der Waals surface area contributed by atoms with Crippen LogP contribution >= 0.6 is 11.5 Å². The Bertz CT molecular complexity index is 402. The van der Waals surface area contributed by atoms with Gasteiger partial charge in [-0.1, -0.05) is 26.2 Å². The number of nitrogens with zero attached hydrogens (tertiary/aromatic N) is 2. The molecule has 1 fully saturated rings. The zero-order chi connectivity index (χ0) is 13.0. The number of aromatic nitrogens is 2. The molecule has 1 unspecified atom stereocenters. The summed E-state index contributed by atoms with van der Waals surface area (Å²) >= 11 is 1.27. The zero-order valence-electron chi connectivity index (χ0n) is 10.6. The van der Waals surface area contributed by atoms with Gasteiger partial charge in [0, 0.05) is 17.5 Å². The minimum absolute atomic E-state index is 0.478. The van der Waals surface area contributed by atoms with E-state index in [0.717, 1.165) is 25.1 Å². The first-order valence-electron chi connectivity index (χ1n) is 6.53. The van der Waals surface area contributed by atoms with Crippen LogP contribution in [0.1, 0.15) is 57.2 Å². The van der Waals surface area contributed by atoms with Crippen molar-refractivity contribution < 1.29 is 9.90 Å². The molecule has 1 aliphatic carbocycles. The largest absolute Gasteiger partial charge is 0.480 e. The summed E-state index contributed by atoms with van der Waals surface area (Å²) in [6, 6.07) is -0.556. The molecular formula is C12H19N3O2S. The van der Waals surface area contributed by atoms with Gasteiger partial charge in [-0.3, -0.25) is 0 Å². The maximum Gasteiger partial charge on any atom is 0.326 e. The number of carbonyl (C=O) groups is 1. The summed E-state index contributed by atoms with van der Waals surface area (Å²) in [5.74, 6) is 0.543. The molecule has 6 heteroatoms. The second-order valence-electron chi connectivity index (χ2n) is 4.76. The topological polar surface area (TPSA) is 75.1 Å². The lowest BCUT2D eigenvalue weighted by Crippen LogP contribution is -2.28. The first-order chi connectivity index (χ1) is 8.70. The predicted molar refractivity (Wildman–Crippen MR) is 71.1 cm³/mol. The molecule has 2 N–H and O–H groups in total. The van der Waals surface area contributed by atoms with Crippen molar-refractivity contribution in [2.75, 3.05) is 5.32 Å². The molecule has 0 spiro atoms. The van der Waals surface area contributed by atoms with Gasteiger partial charge in [0.05, 0.1) is 0 Å². The van der Waals surface area contributed by atoms with Crippen molar-refractivity contribution in [3.8, 4) is 0 Å². The standard InChI is InChI=1S/C12H19N3O2S/c1-2-5-9(11(16)17)13-12-14-10(15-18-12)8-6-3-4-7-8/h8-9H,2-7H2,1H3,(H,16,17)(H,13,14,15). The minimum Gasteiger partial charge on any atom is -0.480 e. The first kappa shape index (κ1) is 13.3. The number of anilines is 1. The molecule has 1 aliphatic rings. The Morgan fingerprint density at radius 3 is 2.89 bits per heavy atom. The van der Waals surface area contributed by atoms with Gasteiger partial charge >= 0.3 is 5.97 Å². The molecule has 0 saturated heterocycles. The van der Waals surface area contributed by atoms with E-state index in [1.807, 2.05) is 6.92 Å². The quantitative estimate of drug-likeness (QED) is 0.830. The summed E-state index contributed by atoms with van der Waals surface area (Å²) in [5, 5.41) is 12.7. The van der Waals surface area contributed by atoms with Crippen LogP contribution in [0.25, 0.3) is 0 Å². The van der Waals surface area contributed by atoms with Gasteiger partial charge in [-0.25, -0.2) is 9.78 Å². The molecule has 18 heavy (non-hydrogen) atoms. The lowest BCUT2D eigenvalue weighted by molar-refractivity contribution is -0.138. The highest BCUT2D eigenvalue weighted by Crippen LogP contribution is 2.33. The molecule has 1 saturated carbocycles. The van der Waals surface area contributed by atoms with Gasteiger partial charge < -0.3 is 10.4 Å². The average Bonchev–Trinajstić information content (AvgIpc) is 2.98. The second kappa shape index (κ2) is 6.13.